The number of ether oxygens (including phenoxy) is 1. The Labute approximate surface area is 155 Å². The van der Waals surface area contributed by atoms with Gasteiger partial charge in [-0.15, -0.1) is 0 Å². The summed E-state index contributed by atoms with van der Waals surface area (Å²) in [5.41, 5.74) is 2.17. The number of carbonyl (C=O) groups is 1. The molecular weight excluding hydrogens is 384 g/mol. The fourth-order valence-electron chi connectivity index (χ4n) is 2.48. The molecule has 0 unspecified atom stereocenters. The van der Waals surface area contributed by atoms with Crippen LogP contribution in [0.4, 0.5) is 17.5 Å². The van der Waals surface area contributed by atoms with E-state index < -0.39 is 5.97 Å². The predicted octanol–water partition coefficient (Wildman–Crippen LogP) is 4.29. The number of hydrogen-bond donors (Lipinski definition) is 2. The van der Waals surface area contributed by atoms with Gasteiger partial charge in [-0.3, -0.25) is 0 Å². The molecule has 0 bridgehead atoms. The van der Waals surface area contributed by atoms with E-state index in [0.717, 1.165) is 29.5 Å². The summed E-state index contributed by atoms with van der Waals surface area (Å²) >= 11 is 3.35. The van der Waals surface area contributed by atoms with Gasteiger partial charge >= 0.3 is 5.97 Å². The Bertz CT molecular complexity index is 778. The monoisotopic (exact) mass is 404 g/mol. The highest BCUT2D eigenvalue weighted by molar-refractivity contribution is 9.10. The van der Waals surface area contributed by atoms with E-state index in [0.29, 0.717) is 16.0 Å². The van der Waals surface area contributed by atoms with E-state index in [1.54, 1.807) is 18.3 Å². The highest BCUT2D eigenvalue weighted by Crippen LogP contribution is 2.32. The first kappa shape index (κ1) is 17.7. The Morgan fingerprint density at radius 2 is 2.20 bits per heavy atom. The van der Waals surface area contributed by atoms with Crippen LogP contribution in [0.25, 0.3) is 0 Å². The molecule has 25 heavy (non-hydrogen) atoms. The summed E-state index contributed by atoms with van der Waals surface area (Å²) < 4.78 is 5.47. The smallest absolute Gasteiger partial charge is 0.339 e. The second-order valence-electron chi connectivity index (χ2n) is 6.20. The van der Waals surface area contributed by atoms with Crippen molar-refractivity contribution in [3.05, 3.63) is 40.0 Å². The lowest BCUT2D eigenvalue weighted by molar-refractivity contribution is 0.0599. The zero-order chi connectivity index (χ0) is 17.8. The average molecular weight is 405 g/mol. The predicted molar refractivity (Wildman–Crippen MR) is 101 cm³/mol. The molecule has 1 aromatic heterocycles. The van der Waals surface area contributed by atoms with Gasteiger partial charge in [0.05, 0.1) is 12.7 Å². The number of aromatic nitrogens is 2. The summed E-state index contributed by atoms with van der Waals surface area (Å²) in [5, 5.41) is 6.52. The number of esters is 1. The zero-order valence-corrected chi connectivity index (χ0v) is 15.9. The number of nitrogens with zero attached hydrogens (tertiary/aromatic N) is 2. The third-order valence-corrected chi connectivity index (χ3v) is 4.83. The van der Waals surface area contributed by atoms with E-state index in [1.807, 2.05) is 13.0 Å². The van der Waals surface area contributed by atoms with E-state index in [2.05, 4.69) is 36.5 Å². The van der Waals surface area contributed by atoms with Gasteiger partial charge < -0.3 is 15.4 Å². The quantitative estimate of drug-likeness (QED) is 0.670. The summed E-state index contributed by atoms with van der Waals surface area (Å²) in [4.78, 5) is 20.7. The second kappa shape index (κ2) is 7.82. The molecule has 2 N–H and O–H groups in total. The summed E-state index contributed by atoms with van der Waals surface area (Å²) in [6, 6.07) is 5.34. The molecule has 1 aromatic carbocycles. The van der Waals surface area contributed by atoms with Crippen LogP contribution < -0.4 is 10.6 Å². The van der Waals surface area contributed by atoms with Gasteiger partial charge in [-0.05, 0) is 53.4 Å². The standard InChI is InChI=1S/C18H21BrN4O2/c1-11-10-21-18(23-16(11)20-8-7-12-3-4-12)22-13-5-6-15(19)14(9-13)17(24)25-2/h5-6,9-10,12H,3-4,7-8H2,1-2H3,(H2,20,21,22,23). The number of anilines is 3. The van der Waals surface area contributed by atoms with Crippen molar-refractivity contribution in [1.29, 1.82) is 0 Å². The van der Waals surface area contributed by atoms with Crippen LogP contribution in [0.1, 0.15) is 35.2 Å². The van der Waals surface area contributed by atoms with Crippen molar-refractivity contribution in [3.63, 3.8) is 0 Å². The molecular formula is C18H21BrN4O2. The number of rotatable bonds is 7. The number of aryl methyl sites for hydroxylation is 1. The molecule has 1 fully saturated rings. The number of nitrogens with one attached hydrogen (secondary N) is 2. The van der Waals surface area contributed by atoms with Crippen LogP contribution in [-0.2, 0) is 4.74 Å². The van der Waals surface area contributed by atoms with Gasteiger partial charge in [0.15, 0.2) is 0 Å². The highest BCUT2D eigenvalue weighted by Gasteiger charge is 2.20. The largest absolute Gasteiger partial charge is 0.465 e. The third kappa shape index (κ3) is 4.69. The van der Waals surface area contributed by atoms with Crippen LogP contribution in [0.15, 0.2) is 28.9 Å². The Morgan fingerprint density at radius 1 is 1.40 bits per heavy atom. The minimum absolute atomic E-state index is 0.400. The third-order valence-electron chi connectivity index (χ3n) is 4.14. The van der Waals surface area contributed by atoms with Crippen molar-refractivity contribution in [2.45, 2.75) is 26.2 Å². The first-order chi connectivity index (χ1) is 12.1. The topological polar surface area (TPSA) is 76.1 Å². The summed E-state index contributed by atoms with van der Waals surface area (Å²) in [6.07, 6.45) is 5.67. The van der Waals surface area contributed by atoms with Crippen LogP contribution in [0.3, 0.4) is 0 Å². The Balaban J connectivity index is 1.72. The molecule has 1 aliphatic carbocycles. The molecule has 0 atom stereocenters. The van der Waals surface area contributed by atoms with Gasteiger partial charge in [-0.1, -0.05) is 12.8 Å². The maximum atomic E-state index is 11.8. The number of benzene rings is 1. The van der Waals surface area contributed by atoms with E-state index in [-0.39, 0.29) is 0 Å². The summed E-state index contributed by atoms with van der Waals surface area (Å²) in [5.74, 6) is 1.80. The number of methoxy groups -OCH3 is 1. The molecule has 7 heteroatoms. The minimum Gasteiger partial charge on any atom is -0.465 e. The molecule has 2 aromatic rings. The van der Waals surface area contributed by atoms with Crippen molar-refractivity contribution in [2.24, 2.45) is 5.92 Å². The average Bonchev–Trinajstić information content (AvgIpc) is 3.43. The molecule has 6 nitrogen and oxygen atoms in total. The molecule has 132 valence electrons. The van der Waals surface area contributed by atoms with Gasteiger partial charge in [-0.25, -0.2) is 9.78 Å². The lowest BCUT2D eigenvalue weighted by Crippen LogP contribution is -2.08. The number of halogens is 1. The molecule has 0 amide bonds. The van der Waals surface area contributed by atoms with E-state index in [4.69, 9.17) is 4.74 Å². The van der Waals surface area contributed by atoms with Gasteiger partial charge in [-0.2, -0.15) is 4.98 Å². The van der Waals surface area contributed by atoms with Crippen molar-refractivity contribution in [1.82, 2.24) is 9.97 Å². The van der Waals surface area contributed by atoms with Crippen LogP contribution in [-0.4, -0.2) is 29.6 Å². The van der Waals surface area contributed by atoms with Gasteiger partial charge in [0, 0.05) is 28.5 Å². The highest BCUT2D eigenvalue weighted by atomic mass is 79.9. The van der Waals surface area contributed by atoms with Gasteiger partial charge in [0.1, 0.15) is 5.82 Å². The molecule has 3 rings (SSSR count). The molecule has 1 saturated carbocycles. The first-order valence-corrected chi connectivity index (χ1v) is 9.08. The molecule has 0 spiro atoms. The Hall–Kier alpha value is -2.15. The van der Waals surface area contributed by atoms with Crippen LogP contribution >= 0.6 is 15.9 Å². The first-order valence-electron chi connectivity index (χ1n) is 8.29. The summed E-state index contributed by atoms with van der Waals surface area (Å²) in [7, 11) is 1.36. The Morgan fingerprint density at radius 3 is 2.92 bits per heavy atom. The summed E-state index contributed by atoms with van der Waals surface area (Å²) in [6.45, 7) is 2.91. The fraction of sp³-hybridized carbons (Fsp3) is 0.389. The second-order valence-corrected chi connectivity index (χ2v) is 7.05. The van der Waals surface area contributed by atoms with Gasteiger partial charge in [0.25, 0.3) is 0 Å². The van der Waals surface area contributed by atoms with E-state index in [9.17, 15) is 4.79 Å². The van der Waals surface area contributed by atoms with Crippen molar-refractivity contribution < 1.29 is 9.53 Å². The van der Waals surface area contributed by atoms with Crippen LogP contribution in [0.2, 0.25) is 0 Å². The minimum atomic E-state index is -0.400. The van der Waals surface area contributed by atoms with E-state index in [1.165, 1.54) is 26.4 Å². The number of carbonyl (C=O) groups excluding carboxylic acids is 1. The normalized spacial score (nSPS) is 13.4. The SMILES string of the molecule is COC(=O)c1cc(Nc2ncc(C)c(NCCC3CC3)n2)ccc1Br. The molecule has 0 radical (unpaired) electrons. The number of hydrogen-bond acceptors (Lipinski definition) is 6. The lowest BCUT2D eigenvalue weighted by Gasteiger charge is -2.11. The maximum absolute atomic E-state index is 11.8. The molecule has 0 saturated heterocycles. The molecule has 0 aliphatic heterocycles. The van der Waals surface area contributed by atoms with Crippen molar-refractivity contribution in [3.8, 4) is 0 Å². The Kier molecular flexibility index (Phi) is 5.53. The molecule has 1 aliphatic rings. The maximum Gasteiger partial charge on any atom is 0.339 e. The lowest BCUT2D eigenvalue weighted by atomic mass is 10.2. The van der Waals surface area contributed by atoms with Crippen molar-refractivity contribution >= 4 is 39.4 Å². The molecule has 1 heterocycles. The zero-order valence-electron chi connectivity index (χ0n) is 14.3. The van der Waals surface area contributed by atoms with Crippen LogP contribution in [0.5, 0.6) is 0 Å². The van der Waals surface area contributed by atoms with E-state index >= 15 is 0 Å². The van der Waals surface area contributed by atoms with Gasteiger partial charge in [0.2, 0.25) is 5.95 Å². The van der Waals surface area contributed by atoms with Crippen LogP contribution in [0, 0.1) is 12.8 Å². The van der Waals surface area contributed by atoms with Crippen molar-refractivity contribution in [2.75, 3.05) is 24.3 Å². The fourth-order valence-corrected chi connectivity index (χ4v) is 2.89.